The molecule has 1 aliphatic heterocycles. The van der Waals surface area contributed by atoms with Crippen LogP contribution in [0.15, 0.2) is 24.3 Å². The molecule has 1 atom stereocenters. The lowest BCUT2D eigenvalue weighted by Crippen LogP contribution is -2.62. The third kappa shape index (κ3) is 5.85. The molecule has 1 unspecified atom stereocenters. The zero-order valence-electron chi connectivity index (χ0n) is 20.0. The number of likely N-dealkylation sites (N-methyl/N-ethyl adjacent to an activating group) is 1. The number of nitrogens with zero attached hydrogens (tertiary/aromatic N) is 2. The average Bonchev–Trinajstić information content (AvgIpc) is 2.85. The summed E-state index contributed by atoms with van der Waals surface area (Å²) >= 11 is 0. The molecule has 2 fully saturated rings. The smallest absolute Gasteiger partial charge is 0.387 e. The van der Waals surface area contributed by atoms with Crippen molar-refractivity contribution in [3.63, 3.8) is 0 Å². The lowest BCUT2D eigenvalue weighted by molar-refractivity contribution is -0.144. The van der Waals surface area contributed by atoms with Crippen molar-refractivity contribution in [1.29, 1.82) is 0 Å². The van der Waals surface area contributed by atoms with Gasteiger partial charge in [0.15, 0.2) is 0 Å². The molecule has 2 aliphatic rings. The molecule has 0 radical (unpaired) electrons. The van der Waals surface area contributed by atoms with Gasteiger partial charge in [-0.1, -0.05) is 31.4 Å². The Bertz CT molecular complexity index is 869. The van der Waals surface area contributed by atoms with Crippen LogP contribution in [0.1, 0.15) is 69.2 Å². The summed E-state index contributed by atoms with van der Waals surface area (Å²) in [6, 6.07) is 5.89. The number of carbonyl (C=O) groups excluding carboxylic acids is 3. The number of para-hydroxylation sites is 1. The van der Waals surface area contributed by atoms with E-state index in [1.165, 1.54) is 23.1 Å². The third-order valence-corrected chi connectivity index (χ3v) is 6.94. The van der Waals surface area contributed by atoms with Gasteiger partial charge in [-0.05, 0) is 51.7 Å². The summed E-state index contributed by atoms with van der Waals surface area (Å²) in [6.45, 7) is 2.58. The summed E-state index contributed by atoms with van der Waals surface area (Å²) in [4.78, 5) is 43.1. The zero-order valence-corrected chi connectivity index (χ0v) is 20.0. The Hall–Kier alpha value is -2.71. The van der Waals surface area contributed by atoms with E-state index in [-0.39, 0.29) is 29.7 Å². The average molecular weight is 480 g/mol. The standard InChI is InChI=1S/C25H35F2N3O4/c1-3-29(4-2)23(33)25(14-8-5-9-15-25)28-21(31)18-11-10-16-30(17-18)22(32)19-12-6-7-13-20(19)34-24(26)27/h6-7,12-13,18,24H,3-5,8-11,14-17H2,1-2H3,(H,28,31). The number of carbonyl (C=O) groups is 3. The molecule has 0 aromatic heterocycles. The number of amides is 3. The van der Waals surface area contributed by atoms with Crippen molar-refractivity contribution in [2.24, 2.45) is 5.92 Å². The SMILES string of the molecule is CCN(CC)C(=O)C1(NC(=O)C2CCCN(C(=O)c3ccccc3OC(F)F)C2)CCCCC1. The van der Waals surface area contributed by atoms with Gasteiger partial charge in [0, 0.05) is 26.2 Å². The maximum Gasteiger partial charge on any atom is 0.387 e. The van der Waals surface area contributed by atoms with Crippen LogP contribution in [0.3, 0.4) is 0 Å². The summed E-state index contributed by atoms with van der Waals surface area (Å²) < 4.78 is 30.1. The Morgan fingerprint density at radius 3 is 2.44 bits per heavy atom. The lowest BCUT2D eigenvalue weighted by atomic mass is 9.79. The number of likely N-dealkylation sites (tertiary alicyclic amines) is 1. The molecule has 3 rings (SSSR count). The quantitative estimate of drug-likeness (QED) is 0.615. The highest BCUT2D eigenvalue weighted by Gasteiger charge is 2.44. The molecule has 1 aromatic carbocycles. The summed E-state index contributed by atoms with van der Waals surface area (Å²) in [5.41, 5.74) is -0.852. The Morgan fingerprint density at radius 2 is 1.79 bits per heavy atom. The van der Waals surface area contributed by atoms with Gasteiger partial charge in [0.25, 0.3) is 5.91 Å². The molecule has 1 aliphatic carbocycles. The number of piperidine rings is 1. The number of halogens is 2. The normalized spacial score (nSPS) is 20.0. The van der Waals surface area contributed by atoms with Crippen molar-refractivity contribution in [2.45, 2.75) is 70.9 Å². The topological polar surface area (TPSA) is 79.0 Å². The summed E-state index contributed by atoms with van der Waals surface area (Å²) in [7, 11) is 0. The van der Waals surface area contributed by atoms with Crippen molar-refractivity contribution in [2.75, 3.05) is 26.2 Å². The fraction of sp³-hybridized carbons (Fsp3) is 0.640. The molecule has 7 nitrogen and oxygen atoms in total. The van der Waals surface area contributed by atoms with E-state index in [1.807, 2.05) is 13.8 Å². The van der Waals surface area contributed by atoms with E-state index >= 15 is 0 Å². The number of rotatable bonds is 8. The Balaban J connectivity index is 1.73. The molecule has 1 heterocycles. The van der Waals surface area contributed by atoms with Gasteiger partial charge in [0.1, 0.15) is 11.3 Å². The Morgan fingerprint density at radius 1 is 1.12 bits per heavy atom. The van der Waals surface area contributed by atoms with Crippen LogP contribution in [-0.4, -0.2) is 65.9 Å². The monoisotopic (exact) mass is 479 g/mol. The van der Waals surface area contributed by atoms with Gasteiger partial charge in [0.2, 0.25) is 11.8 Å². The highest BCUT2D eigenvalue weighted by molar-refractivity contribution is 5.97. The third-order valence-electron chi connectivity index (χ3n) is 6.94. The first-order valence-electron chi connectivity index (χ1n) is 12.3. The van der Waals surface area contributed by atoms with E-state index in [1.54, 1.807) is 11.0 Å². The van der Waals surface area contributed by atoms with Crippen molar-refractivity contribution >= 4 is 17.7 Å². The van der Waals surface area contributed by atoms with Gasteiger partial charge in [0.05, 0.1) is 11.5 Å². The number of alkyl halides is 2. The molecule has 9 heteroatoms. The molecule has 1 saturated carbocycles. The molecular formula is C25H35F2N3O4. The second-order valence-corrected chi connectivity index (χ2v) is 9.07. The molecule has 0 spiro atoms. The number of hydrogen-bond donors (Lipinski definition) is 1. The molecule has 1 saturated heterocycles. The van der Waals surface area contributed by atoms with Gasteiger partial charge >= 0.3 is 6.61 Å². The van der Waals surface area contributed by atoms with Crippen LogP contribution in [0.25, 0.3) is 0 Å². The van der Waals surface area contributed by atoms with Crippen LogP contribution in [0.2, 0.25) is 0 Å². The lowest BCUT2D eigenvalue weighted by Gasteiger charge is -2.41. The molecule has 1 aromatic rings. The van der Waals surface area contributed by atoms with E-state index in [9.17, 15) is 23.2 Å². The molecule has 34 heavy (non-hydrogen) atoms. The van der Waals surface area contributed by atoms with Crippen molar-refractivity contribution in [3.8, 4) is 5.75 Å². The van der Waals surface area contributed by atoms with Crippen molar-refractivity contribution in [1.82, 2.24) is 15.1 Å². The second kappa shape index (κ2) is 11.6. The van der Waals surface area contributed by atoms with Gasteiger partial charge in [-0.2, -0.15) is 8.78 Å². The van der Waals surface area contributed by atoms with Crippen LogP contribution in [-0.2, 0) is 9.59 Å². The number of hydrogen-bond acceptors (Lipinski definition) is 4. The first-order valence-corrected chi connectivity index (χ1v) is 12.3. The van der Waals surface area contributed by atoms with E-state index in [0.29, 0.717) is 45.3 Å². The van der Waals surface area contributed by atoms with Gasteiger partial charge in [-0.3, -0.25) is 14.4 Å². The summed E-state index contributed by atoms with van der Waals surface area (Å²) in [6.07, 6.45) is 5.23. The first-order chi connectivity index (χ1) is 16.3. The minimum absolute atomic E-state index is 0.0348. The van der Waals surface area contributed by atoms with E-state index in [4.69, 9.17) is 0 Å². The van der Waals surface area contributed by atoms with Gasteiger partial charge in [-0.15, -0.1) is 0 Å². The number of ether oxygens (including phenoxy) is 1. The summed E-state index contributed by atoms with van der Waals surface area (Å²) in [5.74, 6) is -1.35. The predicted octanol–water partition coefficient (Wildman–Crippen LogP) is 3.83. The molecule has 188 valence electrons. The molecule has 0 bridgehead atoms. The largest absolute Gasteiger partial charge is 0.434 e. The van der Waals surface area contributed by atoms with Gasteiger partial charge in [-0.25, -0.2) is 0 Å². The minimum Gasteiger partial charge on any atom is -0.434 e. The highest BCUT2D eigenvalue weighted by Crippen LogP contribution is 2.32. The van der Waals surface area contributed by atoms with Crippen LogP contribution in [0.5, 0.6) is 5.75 Å². The number of nitrogens with one attached hydrogen (secondary N) is 1. The van der Waals surface area contributed by atoms with Crippen LogP contribution < -0.4 is 10.1 Å². The zero-order chi connectivity index (χ0) is 24.7. The molecule has 3 amide bonds. The second-order valence-electron chi connectivity index (χ2n) is 9.07. The Labute approximate surface area is 199 Å². The van der Waals surface area contributed by atoms with Crippen molar-refractivity contribution < 1.29 is 27.9 Å². The maximum absolute atomic E-state index is 13.4. The summed E-state index contributed by atoms with van der Waals surface area (Å²) in [5, 5.41) is 3.10. The van der Waals surface area contributed by atoms with E-state index in [0.717, 1.165) is 19.3 Å². The van der Waals surface area contributed by atoms with E-state index in [2.05, 4.69) is 10.1 Å². The fourth-order valence-electron chi connectivity index (χ4n) is 5.09. The fourth-order valence-corrected chi connectivity index (χ4v) is 5.09. The number of benzene rings is 1. The molecule has 1 N–H and O–H groups in total. The molecular weight excluding hydrogens is 444 g/mol. The van der Waals surface area contributed by atoms with Crippen LogP contribution >= 0.6 is 0 Å². The minimum atomic E-state index is -3.04. The van der Waals surface area contributed by atoms with E-state index < -0.39 is 24.0 Å². The predicted molar refractivity (Wildman–Crippen MR) is 124 cm³/mol. The highest BCUT2D eigenvalue weighted by atomic mass is 19.3. The Kier molecular flexibility index (Phi) is 8.85. The van der Waals surface area contributed by atoms with Gasteiger partial charge < -0.3 is 19.9 Å². The maximum atomic E-state index is 13.4. The first kappa shape index (κ1) is 25.9. The van der Waals surface area contributed by atoms with Crippen LogP contribution in [0.4, 0.5) is 8.78 Å². The van der Waals surface area contributed by atoms with Crippen LogP contribution in [0, 0.1) is 5.92 Å². The van der Waals surface area contributed by atoms with Crippen molar-refractivity contribution in [3.05, 3.63) is 29.8 Å².